The van der Waals surface area contributed by atoms with Crippen LogP contribution in [0.2, 0.25) is 0 Å². The number of sulfonamides is 1. The van der Waals surface area contributed by atoms with Crippen molar-refractivity contribution in [2.45, 2.75) is 81.9 Å². The topological polar surface area (TPSA) is 87.3 Å². The first-order valence-corrected chi connectivity index (χ1v) is 11.3. The Morgan fingerprint density at radius 1 is 1.18 bits per heavy atom. The number of carbonyl (C=O) groups excluding carboxylic acids is 1. The van der Waals surface area contributed by atoms with Crippen LogP contribution in [-0.4, -0.2) is 31.9 Å². The lowest BCUT2D eigenvalue weighted by Gasteiger charge is -2.24. The molecule has 0 aromatic heterocycles. The van der Waals surface area contributed by atoms with Gasteiger partial charge in [-0.2, -0.15) is 0 Å². The van der Waals surface area contributed by atoms with Crippen molar-refractivity contribution in [2.24, 2.45) is 5.92 Å². The third-order valence-electron chi connectivity index (χ3n) is 5.34. The first-order chi connectivity index (χ1) is 12.7. The molecule has 3 N–H and O–H groups in total. The molecule has 1 aliphatic carbocycles. The summed E-state index contributed by atoms with van der Waals surface area (Å²) < 4.78 is 28.1. The molecule has 1 aliphatic heterocycles. The van der Waals surface area contributed by atoms with Crippen molar-refractivity contribution in [1.82, 2.24) is 15.4 Å². The molecule has 1 aromatic carbocycles. The Labute approximate surface area is 174 Å². The maximum absolute atomic E-state index is 12.7. The SMILES string of the molecule is CC(C)(C)NS(=O)(=O)c1ccccc1CNC(=O)C1CC2CCCCC2N1.Cl. The normalized spacial score (nSPS) is 24.9. The summed E-state index contributed by atoms with van der Waals surface area (Å²) in [4.78, 5) is 12.8. The van der Waals surface area contributed by atoms with Gasteiger partial charge in [0.25, 0.3) is 0 Å². The van der Waals surface area contributed by atoms with E-state index >= 15 is 0 Å². The Morgan fingerprint density at radius 2 is 1.86 bits per heavy atom. The van der Waals surface area contributed by atoms with Gasteiger partial charge in [-0.3, -0.25) is 4.79 Å². The average Bonchev–Trinajstić information content (AvgIpc) is 3.02. The zero-order valence-corrected chi connectivity index (χ0v) is 18.5. The van der Waals surface area contributed by atoms with E-state index in [-0.39, 0.29) is 35.8 Å². The molecule has 2 aliphatic rings. The number of halogens is 1. The van der Waals surface area contributed by atoms with Crippen LogP contribution in [-0.2, 0) is 21.4 Å². The molecular weight excluding hydrogens is 398 g/mol. The lowest BCUT2D eigenvalue weighted by Crippen LogP contribution is -2.43. The molecule has 0 radical (unpaired) electrons. The summed E-state index contributed by atoms with van der Waals surface area (Å²) in [7, 11) is -3.65. The van der Waals surface area contributed by atoms with E-state index in [2.05, 4.69) is 15.4 Å². The van der Waals surface area contributed by atoms with Gasteiger partial charge in [0, 0.05) is 18.1 Å². The van der Waals surface area contributed by atoms with E-state index in [1.54, 1.807) is 45.0 Å². The molecule has 3 rings (SSSR count). The number of benzene rings is 1. The van der Waals surface area contributed by atoms with E-state index < -0.39 is 15.6 Å². The second-order valence-corrected chi connectivity index (χ2v) is 10.4. The van der Waals surface area contributed by atoms with Crippen LogP contribution < -0.4 is 15.4 Å². The van der Waals surface area contributed by atoms with Gasteiger partial charge in [0.05, 0.1) is 10.9 Å². The molecule has 3 atom stereocenters. The fourth-order valence-electron chi connectivity index (χ4n) is 4.20. The predicted octanol–water partition coefficient (Wildman–Crippen LogP) is 2.72. The summed E-state index contributed by atoms with van der Waals surface area (Å²) in [5, 5.41) is 6.39. The van der Waals surface area contributed by atoms with Crippen molar-refractivity contribution in [1.29, 1.82) is 0 Å². The fraction of sp³-hybridized carbons (Fsp3) is 0.650. The Kier molecular flexibility index (Phi) is 7.53. The monoisotopic (exact) mass is 429 g/mol. The summed E-state index contributed by atoms with van der Waals surface area (Å²) in [6.45, 7) is 5.62. The van der Waals surface area contributed by atoms with Gasteiger partial charge in [-0.25, -0.2) is 13.1 Å². The van der Waals surface area contributed by atoms with Crippen molar-refractivity contribution < 1.29 is 13.2 Å². The van der Waals surface area contributed by atoms with Crippen LogP contribution in [0.4, 0.5) is 0 Å². The highest BCUT2D eigenvalue weighted by Gasteiger charge is 2.38. The first kappa shape index (κ1) is 23.1. The average molecular weight is 430 g/mol. The minimum atomic E-state index is -3.65. The number of amides is 1. The van der Waals surface area contributed by atoms with Crippen LogP contribution in [0.3, 0.4) is 0 Å². The largest absolute Gasteiger partial charge is 0.351 e. The Morgan fingerprint density at radius 3 is 2.54 bits per heavy atom. The molecule has 28 heavy (non-hydrogen) atoms. The summed E-state index contributed by atoms with van der Waals surface area (Å²) in [5.41, 5.74) is 0.0252. The van der Waals surface area contributed by atoms with Gasteiger partial charge < -0.3 is 10.6 Å². The highest BCUT2D eigenvalue weighted by Crippen LogP contribution is 2.33. The van der Waals surface area contributed by atoms with E-state index in [9.17, 15) is 13.2 Å². The highest BCUT2D eigenvalue weighted by atomic mass is 35.5. The maximum Gasteiger partial charge on any atom is 0.241 e. The Hall–Kier alpha value is -1.15. The Balaban J connectivity index is 0.00000280. The lowest BCUT2D eigenvalue weighted by atomic mass is 9.85. The minimum Gasteiger partial charge on any atom is -0.351 e. The van der Waals surface area contributed by atoms with Crippen LogP contribution in [0.15, 0.2) is 29.2 Å². The number of carbonyl (C=O) groups is 1. The van der Waals surface area contributed by atoms with Crippen LogP contribution in [0.25, 0.3) is 0 Å². The quantitative estimate of drug-likeness (QED) is 0.671. The third kappa shape index (κ3) is 5.69. The molecule has 3 unspecified atom stereocenters. The smallest absolute Gasteiger partial charge is 0.241 e. The van der Waals surface area contributed by atoms with Crippen molar-refractivity contribution >= 4 is 28.3 Å². The number of nitrogens with one attached hydrogen (secondary N) is 3. The van der Waals surface area contributed by atoms with Crippen molar-refractivity contribution in [3.63, 3.8) is 0 Å². The molecule has 6 nitrogen and oxygen atoms in total. The fourth-order valence-corrected chi connectivity index (χ4v) is 5.86. The van der Waals surface area contributed by atoms with Gasteiger partial charge in [-0.1, -0.05) is 31.0 Å². The van der Waals surface area contributed by atoms with E-state index in [1.165, 1.54) is 19.3 Å². The lowest BCUT2D eigenvalue weighted by molar-refractivity contribution is -0.123. The van der Waals surface area contributed by atoms with Gasteiger partial charge in [-0.05, 0) is 57.6 Å². The van der Waals surface area contributed by atoms with Crippen molar-refractivity contribution in [3.05, 3.63) is 29.8 Å². The molecule has 1 aromatic rings. The second-order valence-electron chi connectivity index (χ2n) is 8.79. The standard InChI is InChI=1S/C20H31N3O3S.ClH/c1-20(2,3)23-27(25,26)18-11-7-5-9-15(18)13-21-19(24)17-12-14-8-4-6-10-16(14)22-17;/h5,7,9,11,14,16-17,22-23H,4,6,8,10,12-13H2,1-3H3,(H,21,24);1H. The van der Waals surface area contributed by atoms with Gasteiger partial charge in [0.15, 0.2) is 0 Å². The van der Waals surface area contributed by atoms with Gasteiger partial charge in [-0.15, -0.1) is 12.4 Å². The Bertz CT molecular complexity index is 778. The van der Waals surface area contributed by atoms with E-state index in [0.717, 1.165) is 12.8 Å². The van der Waals surface area contributed by atoms with Crippen LogP contribution >= 0.6 is 12.4 Å². The van der Waals surface area contributed by atoms with E-state index in [0.29, 0.717) is 17.5 Å². The molecular formula is C20H32ClN3O3S. The molecule has 1 saturated carbocycles. The van der Waals surface area contributed by atoms with Crippen LogP contribution in [0.5, 0.6) is 0 Å². The molecule has 158 valence electrons. The minimum absolute atomic E-state index is 0. The highest BCUT2D eigenvalue weighted by molar-refractivity contribution is 7.89. The van der Waals surface area contributed by atoms with Crippen molar-refractivity contribution in [3.8, 4) is 0 Å². The van der Waals surface area contributed by atoms with Crippen molar-refractivity contribution in [2.75, 3.05) is 0 Å². The van der Waals surface area contributed by atoms with E-state index in [4.69, 9.17) is 0 Å². The summed E-state index contributed by atoms with van der Waals surface area (Å²) in [5.74, 6) is 0.554. The van der Waals surface area contributed by atoms with E-state index in [1.807, 2.05) is 0 Å². The number of hydrogen-bond acceptors (Lipinski definition) is 4. The van der Waals surface area contributed by atoms with Gasteiger partial charge in [0.2, 0.25) is 15.9 Å². The third-order valence-corrected chi connectivity index (χ3v) is 7.19. The predicted molar refractivity (Wildman–Crippen MR) is 113 cm³/mol. The number of rotatable bonds is 5. The molecule has 1 heterocycles. The number of hydrogen-bond donors (Lipinski definition) is 3. The molecule has 0 bridgehead atoms. The van der Waals surface area contributed by atoms with Crippen LogP contribution in [0.1, 0.15) is 58.4 Å². The van der Waals surface area contributed by atoms with Crippen LogP contribution in [0, 0.1) is 5.92 Å². The zero-order valence-electron chi connectivity index (χ0n) is 16.8. The summed E-state index contributed by atoms with van der Waals surface area (Å²) in [6, 6.07) is 7.11. The molecule has 8 heteroatoms. The molecule has 1 amide bonds. The zero-order chi connectivity index (χ0) is 19.7. The second kappa shape index (κ2) is 9.11. The molecule has 2 fully saturated rings. The molecule has 0 spiro atoms. The van der Waals surface area contributed by atoms with Gasteiger partial charge >= 0.3 is 0 Å². The first-order valence-electron chi connectivity index (χ1n) is 9.81. The summed E-state index contributed by atoms with van der Waals surface area (Å²) >= 11 is 0. The molecule has 1 saturated heterocycles. The maximum atomic E-state index is 12.7. The van der Waals surface area contributed by atoms with Gasteiger partial charge in [0.1, 0.15) is 0 Å². The summed E-state index contributed by atoms with van der Waals surface area (Å²) in [6.07, 6.45) is 5.70. The number of fused-ring (bicyclic) bond motifs is 1.